The molecule has 13 heteroatoms. The quantitative estimate of drug-likeness (QED) is 0.478. The highest BCUT2D eigenvalue weighted by molar-refractivity contribution is 8.13. The molecular formula is C18H38N2O9S2. The third-order valence-electron chi connectivity index (χ3n) is 1.90. The second kappa shape index (κ2) is 38.3. The summed E-state index contributed by atoms with van der Waals surface area (Å²) in [5.74, 6) is -0.236. The second-order valence-corrected chi connectivity index (χ2v) is 6.32. The van der Waals surface area contributed by atoms with Crippen LogP contribution in [0.25, 0.3) is 0 Å². The Morgan fingerprint density at radius 3 is 0.742 bits per heavy atom. The first kappa shape index (κ1) is 42.8. The molecule has 0 unspecified atom stereocenters. The molecule has 0 aliphatic heterocycles. The van der Waals surface area contributed by atoms with Crippen molar-refractivity contribution in [2.75, 3.05) is 47.9 Å². The van der Waals surface area contributed by atoms with Crippen molar-refractivity contribution in [2.45, 2.75) is 34.6 Å². The van der Waals surface area contributed by atoms with Crippen molar-refractivity contribution < 1.29 is 43.0 Å². The standard InChI is InChI=1S/2C3H7NO.C3H6O3.C3H6O2.2C3H6OS/c2*1-3(5)4-2;1-5-3(4)6-2;3*1-3(4)5-2/h2*1-2H3,(H,4,5);1-2H3;3*1-2H3. The van der Waals surface area contributed by atoms with Gasteiger partial charge in [-0.15, -0.1) is 0 Å². The molecule has 0 aromatic rings. The first-order valence-corrected chi connectivity index (χ1v) is 10.7. The molecule has 0 aromatic heterocycles. The number of hydrogen-bond donors (Lipinski definition) is 2. The number of carbonyl (C=O) groups excluding carboxylic acids is 6. The Labute approximate surface area is 194 Å². The molecule has 0 bridgehead atoms. The van der Waals surface area contributed by atoms with E-state index < -0.39 is 6.16 Å². The van der Waals surface area contributed by atoms with Gasteiger partial charge in [0.05, 0.1) is 21.3 Å². The monoisotopic (exact) mass is 490 g/mol. The largest absolute Gasteiger partial charge is 0.507 e. The minimum Gasteiger partial charge on any atom is -0.469 e. The van der Waals surface area contributed by atoms with Crippen molar-refractivity contribution in [3.8, 4) is 0 Å². The maximum atomic E-state index is 9.78. The number of rotatable bonds is 0. The van der Waals surface area contributed by atoms with Crippen LogP contribution in [-0.4, -0.2) is 82.1 Å². The van der Waals surface area contributed by atoms with Gasteiger partial charge >= 0.3 is 12.1 Å². The number of esters is 1. The molecule has 0 radical (unpaired) electrons. The van der Waals surface area contributed by atoms with E-state index in [1.165, 1.54) is 65.6 Å². The molecule has 11 nitrogen and oxygen atoms in total. The van der Waals surface area contributed by atoms with E-state index in [0.29, 0.717) is 0 Å². The van der Waals surface area contributed by atoms with Gasteiger partial charge in [0.15, 0.2) is 10.2 Å². The summed E-state index contributed by atoms with van der Waals surface area (Å²) in [5.41, 5.74) is 0. The van der Waals surface area contributed by atoms with Crippen molar-refractivity contribution >= 4 is 57.7 Å². The van der Waals surface area contributed by atoms with E-state index in [0.717, 1.165) is 0 Å². The van der Waals surface area contributed by atoms with Crippen LogP contribution in [0.1, 0.15) is 34.6 Å². The highest BCUT2D eigenvalue weighted by Gasteiger charge is 1.88. The molecule has 31 heavy (non-hydrogen) atoms. The van der Waals surface area contributed by atoms with E-state index in [9.17, 15) is 28.8 Å². The van der Waals surface area contributed by atoms with Crippen LogP contribution in [0.4, 0.5) is 4.79 Å². The van der Waals surface area contributed by atoms with Crippen LogP contribution in [0.2, 0.25) is 0 Å². The van der Waals surface area contributed by atoms with Crippen LogP contribution in [0.3, 0.4) is 0 Å². The summed E-state index contributed by atoms with van der Waals surface area (Å²) in [6.07, 6.45) is 2.88. The Kier molecular flexibility index (Phi) is 52.9. The number of ether oxygens (including phenoxy) is 3. The molecule has 0 atom stereocenters. The van der Waals surface area contributed by atoms with E-state index in [2.05, 4.69) is 24.8 Å². The van der Waals surface area contributed by atoms with Crippen LogP contribution < -0.4 is 10.6 Å². The zero-order chi connectivity index (χ0) is 26.4. The average molecular weight is 491 g/mol. The van der Waals surface area contributed by atoms with Gasteiger partial charge in [0.1, 0.15) is 0 Å². The molecular weight excluding hydrogens is 452 g/mol. The van der Waals surface area contributed by atoms with Gasteiger partial charge in [-0.3, -0.25) is 24.0 Å². The topological polar surface area (TPSA) is 154 Å². The Hall–Kier alpha value is -2.28. The lowest BCUT2D eigenvalue weighted by Gasteiger charge is -1.89. The molecule has 186 valence electrons. The zero-order valence-corrected chi connectivity index (χ0v) is 22.1. The number of amides is 2. The van der Waals surface area contributed by atoms with Crippen molar-refractivity contribution in [1.29, 1.82) is 0 Å². The Bertz CT molecular complexity index is 401. The molecule has 0 aromatic carbocycles. The van der Waals surface area contributed by atoms with E-state index >= 15 is 0 Å². The van der Waals surface area contributed by atoms with E-state index in [-0.39, 0.29) is 28.0 Å². The predicted molar refractivity (Wildman–Crippen MR) is 125 cm³/mol. The minimum absolute atomic E-state index is 0.00463. The normalized spacial score (nSPS) is 7.10. The molecule has 0 spiro atoms. The number of hydrogen-bond acceptors (Lipinski definition) is 11. The van der Waals surface area contributed by atoms with E-state index in [1.54, 1.807) is 40.5 Å². The van der Waals surface area contributed by atoms with Crippen LogP contribution in [0, 0.1) is 0 Å². The lowest BCUT2D eigenvalue weighted by atomic mass is 10.7. The smallest absolute Gasteiger partial charge is 0.469 e. The Balaban J connectivity index is -0.0000000606. The molecule has 0 aliphatic rings. The van der Waals surface area contributed by atoms with E-state index in [4.69, 9.17) is 0 Å². The Morgan fingerprint density at radius 2 is 0.742 bits per heavy atom. The van der Waals surface area contributed by atoms with Gasteiger partial charge in [0, 0.05) is 48.7 Å². The van der Waals surface area contributed by atoms with Gasteiger partial charge in [-0.1, -0.05) is 23.5 Å². The summed E-state index contributed by atoms with van der Waals surface area (Å²) in [7, 11) is 7.06. The predicted octanol–water partition coefficient (Wildman–Crippen LogP) is 1.87. The maximum Gasteiger partial charge on any atom is 0.507 e. The number of carbonyl (C=O) groups is 6. The summed E-state index contributed by atoms with van der Waals surface area (Å²) in [5, 5.41) is 5.12. The van der Waals surface area contributed by atoms with Crippen molar-refractivity contribution in [3.05, 3.63) is 0 Å². The second-order valence-electron chi connectivity index (χ2n) is 4.36. The van der Waals surface area contributed by atoms with Gasteiger partial charge in [-0.2, -0.15) is 0 Å². The third-order valence-corrected chi connectivity index (χ3v) is 3.05. The fourth-order valence-electron chi connectivity index (χ4n) is 0.0833. The molecule has 0 rings (SSSR count). The number of methoxy groups -OCH3 is 3. The first-order valence-electron chi connectivity index (χ1n) is 8.29. The number of thioether (sulfide) groups is 2. The lowest BCUT2D eigenvalue weighted by Crippen LogP contribution is -2.11. The molecule has 0 saturated heterocycles. The molecule has 0 fully saturated rings. The maximum absolute atomic E-state index is 9.78. The van der Waals surface area contributed by atoms with Gasteiger partial charge in [0.25, 0.3) is 0 Å². The Morgan fingerprint density at radius 1 is 0.581 bits per heavy atom. The third kappa shape index (κ3) is 133. The van der Waals surface area contributed by atoms with Crippen molar-refractivity contribution in [3.63, 3.8) is 0 Å². The summed E-state index contributed by atoms with van der Waals surface area (Å²) in [6, 6.07) is 0. The van der Waals surface area contributed by atoms with Gasteiger partial charge < -0.3 is 24.8 Å². The van der Waals surface area contributed by atoms with Gasteiger partial charge in [-0.05, 0) is 12.5 Å². The highest BCUT2D eigenvalue weighted by Crippen LogP contribution is 1.88. The summed E-state index contributed by atoms with van der Waals surface area (Å²) >= 11 is 2.48. The summed E-state index contributed by atoms with van der Waals surface area (Å²) < 4.78 is 12.2. The molecule has 0 heterocycles. The van der Waals surface area contributed by atoms with Crippen LogP contribution in [-0.2, 0) is 38.2 Å². The van der Waals surface area contributed by atoms with Crippen molar-refractivity contribution in [1.82, 2.24) is 10.6 Å². The fraction of sp³-hybridized carbons (Fsp3) is 0.667. The molecule has 2 N–H and O–H groups in total. The molecule has 0 saturated carbocycles. The lowest BCUT2D eigenvalue weighted by molar-refractivity contribution is -0.138. The summed E-state index contributed by atoms with van der Waals surface area (Å²) in [4.78, 5) is 58.3. The van der Waals surface area contributed by atoms with Crippen LogP contribution in [0.5, 0.6) is 0 Å². The van der Waals surface area contributed by atoms with Crippen molar-refractivity contribution in [2.24, 2.45) is 0 Å². The first-order chi connectivity index (χ1) is 14.2. The van der Waals surface area contributed by atoms with E-state index in [1.807, 2.05) is 0 Å². The molecule has 2 amide bonds. The SMILES string of the molecule is CNC(C)=O.CNC(C)=O.COC(=O)OC.COC(C)=O.CSC(C)=O.CSC(C)=O. The highest BCUT2D eigenvalue weighted by atomic mass is 32.2. The fourth-order valence-corrected chi connectivity index (χ4v) is 0.0833. The minimum atomic E-state index is -0.657. The summed E-state index contributed by atoms with van der Waals surface area (Å²) in [6.45, 7) is 7.40. The van der Waals surface area contributed by atoms with Crippen LogP contribution in [0.15, 0.2) is 0 Å². The number of nitrogens with one attached hydrogen (secondary N) is 2. The van der Waals surface area contributed by atoms with Gasteiger partial charge in [0.2, 0.25) is 11.8 Å². The zero-order valence-electron chi connectivity index (χ0n) is 20.5. The van der Waals surface area contributed by atoms with Crippen LogP contribution >= 0.6 is 23.5 Å². The van der Waals surface area contributed by atoms with Gasteiger partial charge in [-0.25, -0.2) is 4.79 Å². The molecule has 0 aliphatic carbocycles. The average Bonchev–Trinajstić information content (AvgIpc) is 2.74.